The fraction of sp³-hybridized carbons (Fsp3) is 1.00. The Morgan fingerprint density at radius 1 is 1.25 bits per heavy atom. The van der Waals surface area contributed by atoms with Crippen LogP contribution in [0.4, 0.5) is 0 Å². The molecule has 12 heavy (non-hydrogen) atoms. The van der Waals surface area contributed by atoms with Gasteiger partial charge in [-0.25, -0.2) is 0 Å². The molecule has 2 heteroatoms. The third-order valence-electron chi connectivity index (χ3n) is 3.45. The second kappa shape index (κ2) is 3.00. The lowest BCUT2D eigenvalue weighted by atomic mass is 9.99. The monoisotopic (exact) mass is 168 g/mol. The van der Waals surface area contributed by atoms with Crippen molar-refractivity contribution in [1.29, 1.82) is 0 Å². The lowest BCUT2D eigenvalue weighted by molar-refractivity contribution is 0.256. The Kier molecular flexibility index (Phi) is 2.13. The smallest absolute Gasteiger partial charge is 0.0488 e. The van der Waals surface area contributed by atoms with Crippen molar-refractivity contribution >= 4 is 0 Å². The zero-order valence-electron chi connectivity index (χ0n) is 8.27. The van der Waals surface area contributed by atoms with Crippen molar-refractivity contribution in [3.8, 4) is 0 Å². The topological polar surface area (TPSA) is 15.3 Å². The summed E-state index contributed by atoms with van der Waals surface area (Å²) in [5.41, 5.74) is 0.518. The average molecular weight is 168 g/mol. The highest BCUT2D eigenvalue weighted by molar-refractivity contribution is 4.99. The number of rotatable bonds is 1. The predicted molar refractivity (Wildman–Crippen MR) is 51.0 cm³/mol. The van der Waals surface area contributed by atoms with Gasteiger partial charge in [0, 0.05) is 24.8 Å². The first kappa shape index (κ1) is 8.52. The molecule has 1 N–H and O–H groups in total. The minimum absolute atomic E-state index is 0.518. The summed E-state index contributed by atoms with van der Waals surface area (Å²) >= 11 is 0. The summed E-state index contributed by atoms with van der Waals surface area (Å²) in [5.74, 6) is 0. The molecule has 1 aliphatic carbocycles. The van der Waals surface area contributed by atoms with Crippen molar-refractivity contribution in [2.24, 2.45) is 0 Å². The van der Waals surface area contributed by atoms with Crippen molar-refractivity contribution in [1.82, 2.24) is 10.2 Å². The second-order valence-electron chi connectivity index (χ2n) is 4.66. The lowest BCUT2D eigenvalue weighted by Gasteiger charge is -2.24. The maximum atomic E-state index is 3.69. The van der Waals surface area contributed by atoms with Gasteiger partial charge in [-0.15, -0.1) is 0 Å². The van der Waals surface area contributed by atoms with Crippen LogP contribution in [0.25, 0.3) is 0 Å². The summed E-state index contributed by atoms with van der Waals surface area (Å²) in [4.78, 5) is 2.55. The molecule has 0 atom stereocenters. The zero-order valence-corrected chi connectivity index (χ0v) is 8.27. The van der Waals surface area contributed by atoms with E-state index in [0.717, 1.165) is 6.67 Å². The van der Waals surface area contributed by atoms with Crippen LogP contribution in [0.15, 0.2) is 0 Å². The highest BCUT2D eigenvalue weighted by Crippen LogP contribution is 2.33. The second-order valence-corrected chi connectivity index (χ2v) is 4.66. The van der Waals surface area contributed by atoms with Gasteiger partial charge in [0.2, 0.25) is 0 Å². The van der Waals surface area contributed by atoms with E-state index in [1.807, 2.05) is 0 Å². The van der Waals surface area contributed by atoms with Gasteiger partial charge in [-0.1, -0.05) is 12.8 Å². The van der Waals surface area contributed by atoms with Crippen LogP contribution in [0.1, 0.15) is 39.5 Å². The van der Waals surface area contributed by atoms with E-state index >= 15 is 0 Å². The molecule has 1 spiro atoms. The number of hydrogen-bond donors (Lipinski definition) is 1. The molecule has 1 heterocycles. The molecular weight excluding hydrogens is 148 g/mol. The standard InChI is InChI=1S/C10H20N2/c1-9(2)12-7-10(11-8-12)5-3-4-6-10/h9,11H,3-8H2,1-2H3. The molecule has 2 nitrogen and oxygen atoms in total. The highest BCUT2D eigenvalue weighted by Gasteiger charge is 2.40. The Labute approximate surface area is 75.3 Å². The maximum Gasteiger partial charge on any atom is 0.0488 e. The fourth-order valence-corrected chi connectivity index (χ4v) is 2.52. The van der Waals surface area contributed by atoms with Gasteiger partial charge in [0.1, 0.15) is 0 Å². The highest BCUT2D eigenvalue weighted by atomic mass is 15.3. The van der Waals surface area contributed by atoms with E-state index in [9.17, 15) is 0 Å². The molecule has 1 saturated heterocycles. The Hall–Kier alpha value is -0.0800. The van der Waals surface area contributed by atoms with Gasteiger partial charge in [-0.05, 0) is 26.7 Å². The van der Waals surface area contributed by atoms with E-state index in [1.54, 1.807) is 0 Å². The molecule has 2 fully saturated rings. The van der Waals surface area contributed by atoms with E-state index in [-0.39, 0.29) is 0 Å². The van der Waals surface area contributed by atoms with Gasteiger partial charge in [0.05, 0.1) is 0 Å². The fourth-order valence-electron chi connectivity index (χ4n) is 2.52. The van der Waals surface area contributed by atoms with Crippen molar-refractivity contribution in [2.45, 2.75) is 51.1 Å². The quantitative estimate of drug-likeness (QED) is 0.639. The van der Waals surface area contributed by atoms with E-state index in [2.05, 4.69) is 24.1 Å². The summed E-state index contributed by atoms with van der Waals surface area (Å²) in [6, 6.07) is 0.706. The summed E-state index contributed by atoms with van der Waals surface area (Å²) in [6.45, 7) is 6.97. The molecule has 1 saturated carbocycles. The van der Waals surface area contributed by atoms with Crippen LogP contribution in [-0.4, -0.2) is 29.7 Å². The Morgan fingerprint density at radius 3 is 2.42 bits per heavy atom. The molecule has 0 aromatic heterocycles. The number of nitrogens with zero attached hydrogens (tertiary/aromatic N) is 1. The van der Waals surface area contributed by atoms with E-state index in [1.165, 1.54) is 32.2 Å². The predicted octanol–water partition coefficient (Wildman–Crippen LogP) is 1.57. The lowest BCUT2D eigenvalue weighted by Crippen LogP contribution is -2.39. The summed E-state index contributed by atoms with van der Waals surface area (Å²) in [6.07, 6.45) is 5.66. The molecule has 2 aliphatic rings. The third-order valence-corrected chi connectivity index (χ3v) is 3.45. The van der Waals surface area contributed by atoms with Crippen molar-refractivity contribution in [3.05, 3.63) is 0 Å². The largest absolute Gasteiger partial charge is 0.297 e. The Bertz CT molecular complexity index is 159. The molecule has 0 amide bonds. The molecule has 0 aromatic carbocycles. The summed E-state index contributed by atoms with van der Waals surface area (Å²) in [7, 11) is 0. The van der Waals surface area contributed by atoms with Crippen LogP contribution in [0.2, 0.25) is 0 Å². The molecule has 2 rings (SSSR count). The van der Waals surface area contributed by atoms with Gasteiger partial charge in [-0.3, -0.25) is 10.2 Å². The van der Waals surface area contributed by atoms with Crippen molar-refractivity contribution < 1.29 is 0 Å². The molecule has 0 unspecified atom stereocenters. The van der Waals surface area contributed by atoms with E-state index in [0.29, 0.717) is 11.6 Å². The van der Waals surface area contributed by atoms with E-state index in [4.69, 9.17) is 0 Å². The molecule has 0 radical (unpaired) electrons. The van der Waals surface area contributed by atoms with Crippen LogP contribution in [0, 0.1) is 0 Å². The normalized spacial score (nSPS) is 29.2. The molecule has 0 aromatic rings. The van der Waals surface area contributed by atoms with Crippen molar-refractivity contribution in [2.75, 3.05) is 13.2 Å². The molecule has 0 bridgehead atoms. The van der Waals surface area contributed by atoms with Crippen LogP contribution >= 0.6 is 0 Å². The Morgan fingerprint density at radius 2 is 1.92 bits per heavy atom. The first-order chi connectivity index (χ1) is 5.72. The first-order valence-electron chi connectivity index (χ1n) is 5.21. The van der Waals surface area contributed by atoms with E-state index < -0.39 is 0 Å². The SMILES string of the molecule is CC(C)N1CNC2(CCCC2)C1. The van der Waals surface area contributed by atoms with Gasteiger partial charge in [-0.2, -0.15) is 0 Å². The molecular formula is C10H20N2. The van der Waals surface area contributed by atoms with Gasteiger partial charge >= 0.3 is 0 Å². The van der Waals surface area contributed by atoms with Crippen LogP contribution < -0.4 is 5.32 Å². The first-order valence-corrected chi connectivity index (χ1v) is 5.21. The maximum absolute atomic E-state index is 3.69. The summed E-state index contributed by atoms with van der Waals surface area (Å²) in [5, 5.41) is 3.69. The number of nitrogens with one attached hydrogen (secondary N) is 1. The van der Waals surface area contributed by atoms with Gasteiger partial charge in [0.25, 0.3) is 0 Å². The molecule has 1 aliphatic heterocycles. The van der Waals surface area contributed by atoms with Gasteiger partial charge in [0.15, 0.2) is 0 Å². The minimum Gasteiger partial charge on any atom is -0.297 e. The van der Waals surface area contributed by atoms with Crippen LogP contribution in [0.5, 0.6) is 0 Å². The van der Waals surface area contributed by atoms with Crippen LogP contribution in [-0.2, 0) is 0 Å². The summed E-state index contributed by atoms with van der Waals surface area (Å²) < 4.78 is 0. The molecule has 70 valence electrons. The van der Waals surface area contributed by atoms with Crippen LogP contribution in [0.3, 0.4) is 0 Å². The average Bonchev–Trinajstić information content (AvgIpc) is 2.62. The third kappa shape index (κ3) is 1.38. The minimum atomic E-state index is 0.518. The van der Waals surface area contributed by atoms with Crippen molar-refractivity contribution in [3.63, 3.8) is 0 Å². The zero-order chi connectivity index (χ0) is 8.60. The Balaban J connectivity index is 1.96. The van der Waals surface area contributed by atoms with Gasteiger partial charge < -0.3 is 0 Å². The number of hydrogen-bond acceptors (Lipinski definition) is 2.